The van der Waals surface area contributed by atoms with Gasteiger partial charge in [-0.3, -0.25) is 4.79 Å². The first-order chi connectivity index (χ1) is 7.74. The minimum absolute atomic E-state index is 0.145. The molecule has 0 aromatic carbocycles. The van der Waals surface area contributed by atoms with E-state index in [0.717, 1.165) is 24.5 Å². The Bertz CT molecular complexity index is 416. The Balaban J connectivity index is 1.85. The molecule has 2 unspecified atom stereocenters. The standard InChI is InChI=1S/C11H14N4O/c1-7-5-12-11(13-6-7)15-3-2-8-9(15)4-10(16)14-8/h5-6,8-9H,2-4H2,1H3,(H,14,16). The highest BCUT2D eigenvalue weighted by Crippen LogP contribution is 2.28. The van der Waals surface area contributed by atoms with E-state index in [1.807, 2.05) is 19.3 Å². The van der Waals surface area contributed by atoms with E-state index in [0.29, 0.717) is 6.42 Å². The summed E-state index contributed by atoms with van der Waals surface area (Å²) in [5.41, 5.74) is 1.06. The highest BCUT2D eigenvalue weighted by Gasteiger charge is 2.42. The zero-order valence-electron chi connectivity index (χ0n) is 9.18. The maximum atomic E-state index is 11.3. The van der Waals surface area contributed by atoms with Gasteiger partial charge in [0.25, 0.3) is 0 Å². The summed E-state index contributed by atoms with van der Waals surface area (Å²) >= 11 is 0. The van der Waals surface area contributed by atoms with Crippen LogP contribution in [0.4, 0.5) is 5.95 Å². The smallest absolute Gasteiger partial charge is 0.225 e. The average Bonchev–Trinajstić information content (AvgIpc) is 2.78. The number of fused-ring (bicyclic) bond motifs is 1. The lowest BCUT2D eigenvalue weighted by molar-refractivity contribution is -0.119. The fourth-order valence-corrected chi connectivity index (χ4v) is 2.51. The monoisotopic (exact) mass is 218 g/mol. The molecule has 3 heterocycles. The van der Waals surface area contributed by atoms with Crippen LogP contribution in [0.15, 0.2) is 12.4 Å². The fourth-order valence-electron chi connectivity index (χ4n) is 2.51. The van der Waals surface area contributed by atoms with Crippen LogP contribution in [-0.2, 0) is 4.79 Å². The molecule has 2 atom stereocenters. The summed E-state index contributed by atoms with van der Waals surface area (Å²) in [5.74, 6) is 0.890. The van der Waals surface area contributed by atoms with Gasteiger partial charge < -0.3 is 10.2 Å². The van der Waals surface area contributed by atoms with Crippen molar-refractivity contribution < 1.29 is 4.79 Å². The van der Waals surface area contributed by atoms with Gasteiger partial charge in [0.1, 0.15) is 0 Å². The Morgan fingerprint density at radius 2 is 2.19 bits per heavy atom. The van der Waals surface area contributed by atoms with Gasteiger partial charge in [-0.1, -0.05) is 0 Å². The number of carbonyl (C=O) groups excluding carboxylic acids is 1. The van der Waals surface area contributed by atoms with Crippen LogP contribution in [0.5, 0.6) is 0 Å². The van der Waals surface area contributed by atoms with E-state index >= 15 is 0 Å². The number of nitrogens with zero attached hydrogens (tertiary/aromatic N) is 3. The Morgan fingerprint density at radius 1 is 1.44 bits per heavy atom. The van der Waals surface area contributed by atoms with Gasteiger partial charge in [-0.15, -0.1) is 0 Å². The van der Waals surface area contributed by atoms with Crippen molar-refractivity contribution in [3.63, 3.8) is 0 Å². The van der Waals surface area contributed by atoms with E-state index in [9.17, 15) is 4.79 Å². The first-order valence-electron chi connectivity index (χ1n) is 5.59. The molecular weight excluding hydrogens is 204 g/mol. The van der Waals surface area contributed by atoms with E-state index in [4.69, 9.17) is 0 Å². The second-order valence-corrected chi connectivity index (χ2v) is 4.49. The first kappa shape index (κ1) is 9.57. The molecule has 2 aliphatic rings. The normalized spacial score (nSPS) is 28.1. The van der Waals surface area contributed by atoms with E-state index in [1.54, 1.807) is 0 Å². The molecular formula is C11H14N4O. The number of rotatable bonds is 1. The van der Waals surface area contributed by atoms with Gasteiger partial charge in [-0.05, 0) is 18.9 Å². The number of carbonyl (C=O) groups is 1. The Hall–Kier alpha value is -1.65. The number of anilines is 1. The van der Waals surface area contributed by atoms with Crippen LogP contribution in [0, 0.1) is 6.92 Å². The number of hydrogen-bond acceptors (Lipinski definition) is 4. The molecule has 3 rings (SSSR count). The molecule has 5 nitrogen and oxygen atoms in total. The maximum Gasteiger partial charge on any atom is 0.225 e. The average molecular weight is 218 g/mol. The number of hydrogen-bond donors (Lipinski definition) is 1. The lowest BCUT2D eigenvalue weighted by Crippen LogP contribution is -2.35. The summed E-state index contributed by atoms with van der Waals surface area (Å²) in [5, 5.41) is 2.99. The summed E-state index contributed by atoms with van der Waals surface area (Å²) in [6.45, 7) is 2.90. The minimum Gasteiger partial charge on any atom is -0.351 e. The molecule has 1 amide bonds. The van der Waals surface area contributed by atoms with Gasteiger partial charge in [-0.2, -0.15) is 0 Å². The lowest BCUT2D eigenvalue weighted by Gasteiger charge is -2.22. The van der Waals surface area contributed by atoms with Gasteiger partial charge in [0.15, 0.2) is 0 Å². The maximum absolute atomic E-state index is 11.3. The summed E-state index contributed by atoms with van der Waals surface area (Å²) in [7, 11) is 0. The second-order valence-electron chi connectivity index (χ2n) is 4.49. The molecule has 0 spiro atoms. The molecule has 1 aromatic rings. The number of aromatic nitrogens is 2. The highest BCUT2D eigenvalue weighted by molar-refractivity contribution is 5.81. The molecule has 2 saturated heterocycles. The number of amides is 1. The number of nitrogens with one attached hydrogen (secondary N) is 1. The lowest BCUT2D eigenvalue weighted by atomic mass is 10.1. The van der Waals surface area contributed by atoms with Crippen LogP contribution in [0.3, 0.4) is 0 Å². The highest BCUT2D eigenvalue weighted by atomic mass is 16.2. The topological polar surface area (TPSA) is 58.1 Å². The van der Waals surface area contributed by atoms with Crippen molar-refractivity contribution in [1.82, 2.24) is 15.3 Å². The van der Waals surface area contributed by atoms with E-state index in [-0.39, 0.29) is 18.0 Å². The van der Waals surface area contributed by atoms with Gasteiger partial charge in [0, 0.05) is 25.4 Å². The molecule has 84 valence electrons. The Kier molecular flexibility index (Phi) is 2.05. The van der Waals surface area contributed by atoms with Crippen LogP contribution < -0.4 is 10.2 Å². The molecule has 2 fully saturated rings. The van der Waals surface area contributed by atoms with Crippen LogP contribution in [0.25, 0.3) is 0 Å². The second kappa shape index (κ2) is 3.43. The van der Waals surface area contributed by atoms with Gasteiger partial charge in [0.05, 0.1) is 12.1 Å². The van der Waals surface area contributed by atoms with Crippen LogP contribution in [-0.4, -0.2) is 34.5 Å². The van der Waals surface area contributed by atoms with Crippen LogP contribution >= 0.6 is 0 Å². The van der Waals surface area contributed by atoms with E-state index in [2.05, 4.69) is 20.2 Å². The van der Waals surface area contributed by atoms with Crippen molar-refractivity contribution >= 4 is 11.9 Å². The first-order valence-corrected chi connectivity index (χ1v) is 5.59. The Labute approximate surface area is 93.9 Å². The number of aryl methyl sites for hydroxylation is 1. The van der Waals surface area contributed by atoms with Crippen molar-refractivity contribution in [2.45, 2.75) is 31.8 Å². The van der Waals surface area contributed by atoms with Crippen molar-refractivity contribution in [2.24, 2.45) is 0 Å². The minimum atomic E-state index is 0.145. The van der Waals surface area contributed by atoms with Crippen molar-refractivity contribution in [1.29, 1.82) is 0 Å². The molecule has 0 bridgehead atoms. The summed E-state index contributed by atoms with van der Waals surface area (Å²) in [6.07, 6.45) is 5.20. The molecule has 0 radical (unpaired) electrons. The quantitative estimate of drug-likeness (QED) is 0.734. The largest absolute Gasteiger partial charge is 0.351 e. The predicted molar refractivity (Wildman–Crippen MR) is 59.1 cm³/mol. The fraction of sp³-hybridized carbons (Fsp3) is 0.545. The van der Waals surface area contributed by atoms with Gasteiger partial charge in [0.2, 0.25) is 11.9 Å². The zero-order valence-corrected chi connectivity index (χ0v) is 9.18. The van der Waals surface area contributed by atoms with Crippen molar-refractivity contribution in [3.8, 4) is 0 Å². The van der Waals surface area contributed by atoms with Crippen LogP contribution in [0.1, 0.15) is 18.4 Å². The molecule has 0 aliphatic carbocycles. The predicted octanol–water partition coefficient (Wildman–Crippen LogP) is 0.252. The summed E-state index contributed by atoms with van der Waals surface area (Å²) in [6, 6.07) is 0.535. The van der Waals surface area contributed by atoms with E-state index in [1.165, 1.54) is 0 Å². The molecule has 0 saturated carbocycles. The summed E-state index contributed by atoms with van der Waals surface area (Å²) < 4.78 is 0. The van der Waals surface area contributed by atoms with Gasteiger partial charge in [-0.25, -0.2) is 9.97 Å². The van der Waals surface area contributed by atoms with Crippen molar-refractivity contribution in [2.75, 3.05) is 11.4 Å². The molecule has 2 aliphatic heterocycles. The van der Waals surface area contributed by atoms with Crippen LogP contribution in [0.2, 0.25) is 0 Å². The molecule has 5 heteroatoms. The van der Waals surface area contributed by atoms with Crippen molar-refractivity contribution in [3.05, 3.63) is 18.0 Å². The third-order valence-electron chi connectivity index (χ3n) is 3.31. The third kappa shape index (κ3) is 1.43. The Morgan fingerprint density at radius 3 is 2.94 bits per heavy atom. The molecule has 16 heavy (non-hydrogen) atoms. The zero-order chi connectivity index (χ0) is 11.1. The van der Waals surface area contributed by atoms with E-state index < -0.39 is 0 Å². The SMILES string of the molecule is Cc1cnc(N2CCC3NC(=O)CC32)nc1. The third-order valence-corrected chi connectivity index (χ3v) is 3.31. The molecule has 1 N–H and O–H groups in total. The molecule has 1 aromatic heterocycles. The van der Waals surface area contributed by atoms with Gasteiger partial charge >= 0.3 is 0 Å². The summed E-state index contributed by atoms with van der Waals surface area (Å²) in [4.78, 5) is 22.1.